The second-order valence-corrected chi connectivity index (χ2v) is 6.82. The highest BCUT2D eigenvalue weighted by molar-refractivity contribution is 5.88. The molecule has 27 heavy (non-hydrogen) atoms. The first-order valence-corrected chi connectivity index (χ1v) is 8.97. The summed E-state index contributed by atoms with van der Waals surface area (Å²) >= 11 is 0. The first-order chi connectivity index (χ1) is 13.2. The number of fused-ring (bicyclic) bond motifs is 2. The molecule has 0 fully saturated rings. The number of imidazole rings is 1. The predicted octanol–water partition coefficient (Wildman–Crippen LogP) is 5.23. The van der Waals surface area contributed by atoms with Gasteiger partial charge < -0.3 is 0 Å². The number of nitrogens with zero attached hydrogens (tertiary/aromatic N) is 4. The van der Waals surface area contributed by atoms with Crippen molar-refractivity contribution in [3.63, 3.8) is 0 Å². The van der Waals surface area contributed by atoms with Gasteiger partial charge in [0.15, 0.2) is 0 Å². The fraction of sp³-hybridized carbons (Fsp3) is 0.0870. The summed E-state index contributed by atoms with van der Waals surface area (Å²) in [5.74, 6) is 0. The van der Waals surface area contributed by atoms with Crippen LogP contribution in [0.15, 0.2) is 73.1 Å². The standard InChI is InChI=1S/C23H18N4/c1-15-8-11-21-26-22(20-7-3-5-16(2)25-20)23(27(21)14-15)18-9-10-19-17(13-18)6-4-12-24-19/h3-14H,1-2H3. The van der Waals surface area contributed by atoms with Gasteiger partial charge >= 0.3 is 0 Å². The third-order valence-corrected chi connectivity index (χ3v) is 4.77. The lowest BCUT2D eigenvalue weighted by atomic mass is 10.0. The normalized spacial score (nSPS) is 11.3. The number of benzene rings is 1. The minimum atomic E-state index is 0.887. The summed E-state index contributed by atoms with van der Waals surface area (Å²) < 4.78 is 2.16. The average Bonchev–Trinajstić information content (AvgIpc) is 3.06. The molecule has 0 radical (unpaired) electrons. The maximum Gasteiger partial charge on any atom is 0.138 e. The van der Waals surface area contributed by atoms with Gasteiger partial charge in [-0.05, 0) is 55.8 Å². The molecular formula is C23H18N4. The minimum absolute atomic E-state index is 0.887. The molecule has 4 aromatic heterocycles. The molecule has 130 valence electrons. The highest BCUT2D eigenvalue weighted by Crippen LogP contribution is 2.33. The van der Waals surface area contributed by atoms with E-state index in [0.717, 1.165) is 44.9 Å². The van der Waals surface area contributed by atoms with Crippen LogP contribution in [-0.2, 0) is 0 Å². The van der Waals surface area contributed by atoms with Gasteiger partial charge in [0.1, 0.15) is 11.3 Å². The average molecular weight is 350 g/mol. The zero-order valence-electron chi connectivity index (χ0n) is 15.2. The first-order valence-electron chi connectivity index (χ1n) is 8.97. The molecule has 0 saturated carbocycles. The molecule has 0 N–H and O–H groups in total. The van der Waals surface area contributed by atoms with Crippen LogP contribution < -0.4 is 0 Å². The van der Waals surface area contributed by atoms with Crippen LogP contribution in [0.2, 0.25) is 0 Å². The summed E-state index contributed by atoms with van der Waals surface area (Å²) in [6.45, 7) is 4.10. The summed E-state index contributed by atoms with van der Waals surface area (Å²) in [6.07, 6.45) is 3.95. The van der Waals surface area contributed by atoms with Crippen molar-refractivity contribution in [1.82, 2.24) is 19.4 Å². The van der Waals surface area contributed by atoms with Crippen molar-refractivity contribution in [1.29, 1.82) is 0 Å². The van der Waals surface area contributed by atoms with Crippen LogP contribution in [0.25, 0.3) is 39.2 Å². The van der Waals surface area contributed by atoms with Crippen molar-refractivity contribution >= 4 is 16.6 Å². The third kappa shape index (κ3) is 2.66. The molecule has 1 aromatic carbocycles. The maximum atomic E-state index is 4.91. The van der Waals surface area contributed by atoms with Gasteiger partial charge in [-0.1, -0.05) is 24.3 Å². The molecule has 4 nitrogen and oxygen atoms in total. The Kier molecular flexibility index (Phi) is 3.50. The summed E-state index contributed by atoms with van der Waals surface area (Å²) in [7, 11) is 0. The van der Waals surface area contributed by atoms with Crippen molar-refractivity contribution in [3.05, 3.63) is 84.3 Å². The number of hydrogen-bond donors (Lipinski definition) is 0. The van der Waals surface area contributed by atoms with Crippen molar-refractivity contribution in [2.24, 2.45) is 0 Å². The van der Waals surface area contributed by atoms with Gasteiger partial charge in [0.2, 0.25) is 0 Å². The Morgan fingerprint density at radius 1 is 0.852 bits per heavy atom. The molecule has 0 spiro atoms. The van der Waals surface area contributed by atoms with Crippen molar-refractivity contribution in [2.45, 2.75) is 13.8 Å². The Morgan fingerprint density at radius 3 is 2.67 bits per heavy atom. The van der Waals surface area contributed by atoms with Gasteiger partial charge in [-0.25, -0.2) is 4.98 Å². The molecule has 0 amide bonds. The molecule has 5 rings (SSSR count). The van der Waals surface area contributed by atoms with E-state index in [1.807, 2.05) is 37.4 Å². The molecule has 4 heterocycles. The Hall–Kier alpha value is -3.53. The van der Waals surface area contributed by atoms with E-state index in [-0.39, 0.29) is 0 Å². The van der Waals surface area contributed by atoms with Crippen LogP contribution in [0.3, 0.4) is 0 Å². The van der Waals surface area contributed by atoms with Crippen molar-refractivity contribution < 1.29 is 0 Å². The molecule has 0 aliphatic rings. The highest BCUT2D eigenvalue weighted by Gasteiger charge is 2.17. The molecular weight excluding hydrogens is 332 g/mol. The summed E-state index contributed by atoms with van der Waals surface area (Å²) in [5.41, 5.74) is 8.01. The molecule has 4 heteroatoms. The van der Waals surface area contributed by atoms with Gasteiger partial charge in [-0.3, -0.25) is 14.4 Å². The zero-order chi connectivity index (χ0) is 18.4. The zero-order valence-corrected chi connectivity index (χ0v) is 15.2. The second-order valence-electron chi connectivity index (χ2n) is 6.82. The lowest BCUT2D eigenvalue weighted by molar-refractivity contribution is 1.16. The summed E-state index contributed by atoms with van der Waals surface area (Å²) in [6, 6.07) is 20.6. The quantitative estimate of drug-likeness (QED) is 0.438. The summed E-state index contributed by atoms with van der Waals surface area (Å²) in [4.78, 5) is 14.1. The van der Waals surface area contributed by atoms with Crippen LogP contribution in [0, 0.1) is 13.8 Å². The number of aromatic nitrogens is 4. The molecule has 0 atom stereocenters. The second kappa shape index (κ2) is 6.02. The van der Waals surface area contributed by atoms with E-state index in [1.165, 1.54) is 5.56 Å². The lowest BCUT2D eigenvalue weighted by Crippen LogP contribution is -1.93. The van der Waals surface area contributed by atoms with E-state index in [1.54, 1.807) is 0 Å². The topological polar surface area (TPSA) is 43.1 Å². The molecule has 0 aliphatic carbocycles. The van der Waals surface area contributed by atoms with E-state index in [4.69, 9.17) is 9.97 Å². The van der Waals surface area contributed by atoms with E-state index >= 15 is 0 Å². The Labute approximate surface area is 157 Å². The number of rotatable bonds is 2. The van der Waals surface area contributed by atoms with Gasteiger partial charge in [-0.15, -0.1) is 0 Å². The van der Waals surface area contributed by atoms with Crippen molar-refractivity contribution in [2.75, 3.05) is 0 Å². The Bertz CT molecular complexity index is 1300. The van der Waals surface area contributed by atoms with Crippen LogP contribution in [0.1, 0.15) is 11.3 Å². The predicted molar refractivity (Wildman–Crippen MR) is 109 cm³/mol. The smallest absolute Gasteiger partial charge is 0.138 e. The van der Waals surface area contributed by atoms with Gasteiger partial charge in [-0.2, -0.15) is 0 Å². The van der Waals surface area contributed by atoms with Gasteiger partial charge in [0.05, 0.1) is 16.9 Å². The van der Waals surface area contributed by atoms with E-state index < -0.39 is 0 Å². The van der Waals surface area contributed by atoms with Crippen LogP contribution in [-0.4, -0.2) is 19.4 Å². The van der Waals surface area contributed by atoms with E-state index in [9.17, 15) is 0 Å². The SMILES string of the molecule is Cc1ccc2nc(-c3cccc(C)n3)c(-c3ccc4ncccc4c3)n2c1. The third-order valence-electron chi connectivity index (χ3n) is 4.77. The Balaban J connectivity index is 1.85. The lowest BCUT2D eigenvalue weighted by Gasteiger charge is -2.08. The van der Waals surface area contributed by atoms with Crippen LogP contribution in [0.5, 0.6) is 0 Å². The molecule has 0 saturated heterocycles. The fourth-order valence-corrected chi connectivity index (χ4v) is 3.50. The molecule has 0 bridgehead atoms. The number of hydrogen-bond acceptors (Lipinski definition) is 3. The fourth-order valence-electron chi connectivity index (χ4n) is 3.50. The minimum Gasteiger partial charge on any atom is -0.299 e. The largest absolute Gasteiger partial charge is 0.299 e. The van der Waals surface area contributed by atoms with Crippen LogP contribution in [0.4, 0.5) is 0 Å². The number of aryl methyl sites for hydroxylation is 2. The monoisotopic (exact) mass is 350 g/mol. The van der Waals surface area contributed by atoms with Crippen molar-refractivity contribution in [3.8, 4) is 22.6 Å². The molecule has 5 aromatic rings. The van der Waals surface area contributed by atoms with Gasteiger partial charge in [0.25, 0.3) is 0 Å². The van der Waals surface area contributed by atoms with Gasteiger partial charge in [0, 0.05) is 29.0 Å². The molecule has 0 aliphatic heterocycles. The van der Waals surface area contributed by atoms with Crippen LogP contribution >= 0.6 is 0 Å². The first kappa shape index (κ1) is 15.7. The van der Waals surface area contributed by atoms with E-state index in [0.29, 0.717) is 0 Å². The highest BCUT2D eigenvalue weighted by atomic mass is 15.0. The molecule has 0 unspecified atom stereocenters. The maximum absolute atomic E-state index is 4.91. The number of pyridine rings is 3. The van der Waals surface area contributed by atoms with E-state index in [2.05, 4.69) is 58.9 Å². The summed E-state index contributed by atoms with van der Waals surface area (Å²) in [5, 5.41) is 1.11. The Morgan fingerprint density at radius 2 is 1.78 bits per heavy atom.